The standard InChI is InChI=1S/C12H22N6O/c1-4-18(5-2)11-15-9(13)14-10(16-11)17-12(3)6-7-19-8-12/h4-8H2,1-3H3,(H3,13,14,15,16,17). The number of nitrogens with zero attached hydrogens (tertiary/aromatic N) is 4. The van der Waals surface area contributed by atoms with Crippen molar-refractivity contribution in [3.63, 3.8) is 0 Å². The highest BCUT2D eigenvalue weighted by atomic mass is 16.5. The zero-order valence-electron chi connectivity index (χ0n) is 11.8. The van der Waals surface area contributed by atoms with Gasteiger partial charge < -0.3 is 20.7 Å². The molecule has 1 fully saturated rings. The Morgan fingerprint density at radius 2 is 2.05 bits per heavy atom. The molecule has 19 heavy (non-hydrogen) atoms. The topological polar surface area (TPSA) is 89.2 Å². The Labute approximate surface area is 113 Å². The molecule has 0 spiro atoms. The number of nitrogen functional groups attached to an aromatic ring is 1. The van der Waals surface area contributed by atoms with Gasteiger partial charge in [0.15, 0.2) is 0 Å². The van der Waals surface area contributed by atoms with E-state index >= 15 is 0 Å². The summed E-state index contributed by atoms with van der Waals surface area (Å²) < 4.78 is 5.41. The molecule has 7 nitrogen and oxygen atoms in total. The SMILES string of the molecule is CCN(CC)c1nc(N)nc(NC2(C)CCOC2)n1. The lowest BCUT2D eigenvalue weighted by Gasteiger charge is -2.25. The van der Waals surface area contributed by atoms with Crippen molar-refractivity contribution in [3.8, 4) is 0 Å². The van der Waals surface area contributed by atoms with Gasteiger partial charge in [0, 0.05) is 19.7 Å². The lowest BCUT2D eigenvalue weighted by atomic mass is 10.0. The zero-order valence-corrected chi connectivity index (χ0v) is 11.8. The Morgan fingerprint density at radius 3 is 2.63 bits per heavy atom. The molecule has 0 saturated carbocycles. The predicted molar refractivity (Wildman–Crippen MR) is 75.3 cm³/mol. The Balaban J connectivity index is 2.21. The number of ether oxygens (including phenoxy) is 1. The minimum atomic E-state index is -0.131. The van der Waals surface area contributed by atoms with Crippen LogP contribution in [0, 0.1) is 0 Å². The number of hydrogen-bond donors (Lipinski definition) is 2. The van der Waals surface area contributed by atoms with Gasteiger partial charge >= 0.3 is 0 Å². The molecule has 1 aliphatic heterocycles. The van der Waals surface area contributed by atoms with Crippen LogP contribution in [0.5, 0.6) is 0 Å². The van der Waals surface area contributed by atoms with Gasteiger partial charge in [-0.2, -0.15) is 15.0 Å². The first-order valence-electron chi connectivity index (χ1n) is 6.69. The Hall–Kier alpha value is -1.63. The highest BCUT2D eigenvalue weighted by Crippen LogP contribution is 2.23. The molecule has 3 N–H and O–H groups in total. The number of nitrogens with one attached hydrogen (secondary N) is 1. The van der Waals surface area contributed by atoms with E-state index in [1.165, 1.54) is 0 Å². The summed E-state index contributed by atoms with van der Waals surface area (Å²) in [4.78, 5) is 14.8. The number of anilines is 3. The second-order valence-corrected chi connectivity index (χ2v) is 4.98. The van der Waals surface area contributed by atoms with E-state index in [1.807, 2.05) is 4.90 Å². The van der Waals surface area contributed by atoms with Gasteiger partial charge in [-0.25, -0.2) is 0 Å². The summed E-state index contributed by atoms with van der Waals surface area (Å²) in [5.41, 5.74) is 5.63. The first-order chi connectivity index (χ1) is 9.06. The molecule has 2 rings (SSSR count). The van der Waals surface area contributed by atoms with E-state index in [-0.39, 0.29) is 11.5 Å². The van der Waals surface area contributed by atoms with Crippen LogP contribution in [-0.4, -0.2) is 46.8 Å². The smallest absolute Gasteiger partial charge is 0.231 e. The lowest BCUT2D eigenvalue weighted by Crippen LogP contribution is -2.36. The van der Waals surface area contributed by atoms with Crippen LogP contribution in [0.2, 0.25) is 0 Å². The maximum Gasteiger partial charge on any atom is 0.231 e. The highest BCUT2D eigenvalue weighted by Gasteiger charge is 2.30. The third-order valence-electron chi connectivity index (χ3n) is 3.32. The largest absolute Gasteiger partial charge is 0.379 e. The van der Waals surface area contributed by atoms with Crippen molar-refractivity contribution in [3.05, 3.63) is 0 Å². The number of nitrogens with two attached hydrogens (primary N) is 1. The summed E-state index contributed by atoms with van der Waals surface area (Å²) >= 11 is 0. The lowest BCUT2D eigenvalue weighted by molar-refractivity contribution is 0.185. The van der Waals surface area contributed by atoms with E-state index in [1.54, 1.807) is 0 Å². The molecule has 2 heterocycles. The predicted octanol–water partition coefficient (Wildman–Crippen LogP) is 0.891. The average molecular weight is 266 g/mol. The molecular weight excluding hydrogens is 244 g/mol. The van der Waals surface area contributed by atoms with E-state index in [2.05, 4.69) is 41.0 Å². The van der Waals surface area contributed by atoms with E-state index in [0.717, 1.165) is 26.1 Å². The summed E-state index contributed by atoms with van der Waals surface area (Å²) in [7, 11) is 0. The van der Waals surface area contributed by atoms with E-state index in [4.69, 9.17) is 10.5 Å². The van der Waals surface area contributed by atoms with Crippen LogP contribution in [-0.2, 0) is 4.74 Å². The van der Waals surface area contributed by atoms with E-state index < -0.39 is 0 Å². The van der Waals surface area contributed by atoms with Crippen LogP contribution in [0.25, 0.3) is 0 Å². The van der Waals surface area contributed by atoms with Gasteiger partial charge in [-0.15, -0.1) is 0 Å². The number of aromatic nitrogens is 3. The molecule has 1 saturated heterocycles. The fraction of sp³-hybridized carbons (Fsp3) is 0.750. The molecule has 7 heteroatoms. The van der Waals surface area contributed by atoms with Crippen molar-refractivity contribution in [1.82, 2.24) is 15.0 Å². The quantitative estimate of drug-likeness (QED) is 0.818. The average Bonchev–Trinajstić information content (AvgIpc) is 2.76. The van der Waals surface area contributed by atoms with E-state index in [9.17, 15) is 0 Å². The van der Waals surface area contributed by atoms with Crippen molar-refractivity contribution in [2.75, 3.05) is 42.3 Å². The Bertz CT molecular complexity index is 428. The third kappa shape index (κ3) is 3.23. The molecule has 1 aromatic heterocycles. The van der Waals surface area contributed by atoms with Gasteiger partial charge in [0.1, 0.15) is 0 Å². The fourth-order valence-corrected chi connectivity index (χ4v) is 2.12. The molecule has 0 bridgehead atoms. The second-order valence-electron chi connectivity index (χ2n) is 4.98. The molecule has 0 amide bonds. The van der Waals surface area contributed by atoms with Gasteiger partial charge in [0.25, 0.3) is 0 Å². The zero-order chi connectivity index (χ0) is 13.9. The van der Waals surface area contributed by atoms with Gasteiger partial charge in [0.2, 0.25) is 17.8 Å². The number of hydrogen-bond acceptors (Lipinski definition) is 7. The molecule has 1 aromatic rings. The van der Waals surface area contributed by atoms with Crippen LogP contribution in [0.3, 0.4) is 0 Å². The van der Waals surface area contributed by atoms with Gasteiger partial charge in [-0.05, 0) is 27.2 Å². The van der Waals surface area contributed by atoms with Crippen molar-refractivity contribution in [2.24, 2.45) is 0 Å². The summed E-state index contributed by atoms with van der Waals surface area (Å²) in [6, 6.07) is 0. The molecular formula is C12H22N6O. The summed E-state index contributed by atoms with van der Waals surface area (Å²) in [5, 5.41) is 3.31. The molecule has 0 aromatic carbocycles. The molecule has 1 unspecified atom stereocenters. The molecule has 1 atom stereocenters. The maximum atomic E-state index is 5.76. The first kappa shape index (κ1) is 13.8. The second kappa shape index (κ2) is 5.56. The van der Waals surface area contributed by atoms with Gasteiger partial charge in [-0.1, -0.05) is 0 Å². The molecule has 106 valence electrons. The van der Waals surface area contributed by atoms with Gasteiger partial charge in [-0.3, -0.25) is 0 Å². The summed E-state index contributed by atoms with van der Waals surface area (Å²) in [6.07, 6.45) is 0.930. The minimum absolute atomic E-state index is 0.131. The van der Waals surface area contributed by atoms with Crippen LogP contribution in [0.1, 0.15) is 27.2 Å². The Kier molecular flexibility index (Phi) is 4.04. The maximum absolute atomic E-state index is 5.76. The van der Waals surface area contributed by atoms with Crippen molar-refractivity contribution in [2.45, 2.75) is 32.7 Å². The summed E-state index contributed by atoms with van der Waals surface area (Å²) in [6.45, 7) is 9.29. The van der Waals surface area contributed by atoms with Crippen molar-refractivity contribution in [1.29, 1.82) is 0 Å². The fourth-order valence-electron chi connectivity index (χ4n) is 2.12. The van der Waals surface area contributed by atoms with Crippen LogP contribution in [0.15, 0.2) is 0 Å². The monoisotopic (exact) mass is 266 g/mol. The Morgan fingerprint density at radius 1 is 1.32 bits per heavy atom. The first-order valence-corrected chi connectivity index (χ1v) is 6.69. The highest BCUT2D eigenvalue weighted by molar-refractivity contribution is 5.43. The molecule has 1 aliphatic rings. The number of rotatable bonds is 5. The van der Waals surface area contributed by atoms with Crippen LogP contribution < -0.4 is 16.0 Å². The van der Waals surface area contributed by atoms with Crippen molar-refractivity contribution >= 4 is 17.8 Å². The molecule has 0 radical (unpaired) electrons. The molecule has 0 aliphatic carbocycles. The minimum Gasteiger partial charge on any atom is -0.379 e. The third-order valence-corrected chi connectivity index (χ3v) is 3.32. The van der Waals surface area contributed by atoms with Crippen molar-refractivity contribution < 1.29 is 4.74 Å². The van der Waals surface area contributed by atoms with E-state index in [0.29, 0.717) is 18.5 Å². The summed E-state index contributed by atoms with van der Waals surface area (Å²) in [5.74, 6) is 1.37. The normalized spacial score (nSPS) is 22.5. The van der Waals surface area contributed by atoms with Crippen LogP contribution in [0.4, 0.5) is 17.8 Å². The van der Waals surface area contributed by atoms with Gasteiger partial charge in [0.05, 0.1) is 12.1 Å². The van der Waals surface area contributed by atoms with Crippen LogP contribution >= 0.6 is 0 Å².